The SMILES string of the molecule is CC(=O)O[C@H]1C(=O)[C@]2(C)[C@@H](O)CC3OC[C@@]3(OC(C)=O)[C@H]2[C@H](OC(=O)c2cccc(Cl)c2)[C@]2(O)C[C@H](OC(=O)[C@H](O)[C@@H](NC(=O)c3ccccc3)c3ccccc3)C(C)=C1C2(C)C. The van der Waals surface area contributed by atoms with Gasteiger partial charge in [0, 0.05) is 42.7 Å². The fraction of sp³-hybridized carbons (Fsp3) is 0.447. The zero-order valence-corrected chi connectivity index (χ0v) is 36.3. The number of ketones is 1. The molecule has 7 rings (SSSR count). The molecule has 2 bridgehead atoms. The largest absolute Gasteiger partial charge is 0.456 e. The van der Waals surface area contributed by atoms with Crippen molar-refractivity contribution in [3.63, 3.8) is 0 Å². The third kappa shape index (κ3) is 7.73. The number of carbonyl (C=O) groups excluding carboxylic acids is 6. The molecule has 1 saturated heterocycles. The lowest BCUT2D eigenvalue weighted by atomic mass is 9.44. The van der Waals surface area contributed by atoms with Crippen LogP contribution in [-0.2, 0) is 42.9 Å². The van der Waals surface area contributed by atoms with Crippen molar-refractivity contribution in [2.24, 2.45) is 16.7 Å². The van der Waals surface area contributed by atoms with Crippen molar-refractivity contribution in [1.82, 2.24) is 5.32 Å². The number of carbonyl (C=O) groups is 6. The van der Waals surface area contributed by atoms with E-state index in [4.69, 9.17) is 35.3 Å². The molecule has 1 aliphatic heterocycles. The molecular weight excluding hydrogens is 838 g/mol. The number of hydrogen-bond acceptors (Lipinski definition) is 14. The molecule has 11 atom stereocenters. The molecule has 3 fully saturated rings. The van der Waals surface area contributed by atoms with Gasteiger partial charge in [-0.2, -0.15) is 0 Å². The molecule has 0 radical (unpaired) electrons. The predicted molar refractivity (Wildman–Crippen MR) is 223 cm³/mol. The van der Waals surface area contributed by atoms with Crippen LogP contribution in [0.1, 0.15) is 86.7 Å². The smallest absolute Gasteiger partial charge is 0.338 e. The number of Topliss-reactive ketones (excluding diaryl/α,β-unsaturated/α-hetero) is 1. The summed E-state index contributed by atoms with van der Waals surface area (Å²) in [6.07, 6.45) is -10.7. The number of esters is 4. The molecule has 1 amide bonds. The van der Waals surface area contributed by atoms with Crippen LogP contribution in [0.3, 0.4) is 0 Å². The van der Waals surface area contributed by atoms with Gasteiger partial charge in [-0.05, 0) is 60.9 Å². The van der Waals surface area contributed by atoms with Crippen molar-refractivity contribution in [1.29, 1.82) is 0 Å². The van der Waals surface area contributed by atoms with Crippen LogP contribution < -0.4 is 5.32 Å². The van der Waals surface area contributed by atoms with Gasteiger partial charge in [-0.15, -0.1) is 0 Å². The summed E-state index contributed by atoms with van der Waals surface area (Å²) < 4.78 is 30.3. The Hall–Kier alpha value is -5.45. The summed E-state index contributed by atoms with van der Waals surface area (Å²) in [4.78, 5) is 83.6. The molecule has 1 unspecified atom stereocenters. The highest BCUT2D eigenvalue weighted by Gasteiger charge is 2.78. The number of amides is 1. The number of halogens is 1. The second-order valence-corrected chi connectivity index (χ2v) is 17.9. The van der Waals surface area contributed by atoms with Crippen molar-refractivity contribution >= 4 is 47.2 Å². The summed E-state index contributed by atoms with van der Waals surface area (Å²) in [5, 5.41) is 40.5. The third-order valence-electron chi connectivity index (χ3n) is 13.5. The predicted octanol–water partition coefficient (Wildman–Crippen LogP) is 4.39. The first kappa shape index (κ1) is 45.6. The molecule has 0 aromatic heterocycles. The molecule has 4 N–H and O–H groups in total. The van der Waals surface area contributed by atoms with E-state index in [1.807, 2.05) is 0 Å². The summed E-state index contributed by atoms with van der Waals surface area (Å²) in [5.41, 5.74) is -7.32. The normalized spacial score (nSPS) is 31.6. The van der Waals surface area contributed by atoms with Gasteiger partial charge in [0.1, 0.15) is 23.9 Å². The maximum Gasteiger partial charge on any atom is 0.338 e. The van der Waals surface area contributed by atoms with Crippen LogP contribution in [0.4, 0.5) is 0 Å². The van der Waals surface area contributed by atoms with Crippen LogP contribution in [0, 0.1) is 16.7 Å². The second-order valence-electron chi connectivity index (χ2n) is 17.5. The van der Waals surface area contributed by atoms with Crippen LogP contribution in [0.15, 0.2) is 96.1 Å². The van der Waals surface area contributed by atoms with Crippen LogP contribution in [0.5, 0.6) is 0 Å². The van der Waals surface area contributed by atoms with E-state index in [1.54, 1.807) is 74.5 Å². The Kier molecular flexibility index (Phi) is 12.2. The number of fused-ring (bicyclic) bond motifs is 5. The summed E-state index contributed by atoms with van der Waals surface area (Å²) in [7, 11) is 0. The first-order chi connectivity index (χ1) is 29.7. The van der Waals surface area contributed by atoms with Crippen molar-refractivity contribution in [3.05, 3.63) is 118 Å². The van der Waals surface area contributed by atoms with E-state index >= 15 is 4.79 Å². The molecule has 0 spiro atoms. The average molecular weight is 888 g/mol. The van der Waals surface area contributed by atoms with E-state index in [0.717, 1.165) is 13.8 Å². The minimum absolute atomic E-state index is 0.0232. The highest BCUT2D eigenvalue weighted by atomic mass is 35.5. The summed E-state index contributed by atoms with van der Waals surface area (Å²) in [5.74, 6) is -7.03. The standard InChI is InChI=1S/C47H50ClNO14/c1-24-31(61-43(57)36(53)35(27-14-9-7-10-15-27)49-41(55)28-16-11-8-12-17-28)22-47(58)40(62-42(56)29-18-13-19-30(48)20-29)38-45(6,32(52)21-33-46(38,23-59-33)63-26(3)51)39(54)37(60-25(2)50)34(24)44(47,4)5/h7-20,31-33,35-38,40,52-53,58H,21-23H2,1-6H3,(H,49,55)/t31-,32-,33?,35-,36+,37+,38-,40-,45+,46-,47+/m0/s1. The number of aliphatic hydroxyl groups is 3. The van der Waals surface area contributed by atoms with Crippen LogP contribution in [-0.4, -0.2) is 105 Å². The summed E-state index contributed by atoms with van der Waals surface area (Å²) in [6, 6.07) is 20.8. The van der Waals surface area contributed by atoms with Gasteiger partial charge >= 0.3 is 23.9 Å². The third-order valence-corrected chi connectivity index (χ3v) is 13.8. The number of hydrogen-bond donors (Lipinski definition) is 4. The lowest BCUT2D eigenvalue weighted by Crippen LogP contribution is -2.82. The molecule has 1 heterocycles. The Morgan fingerprint density at radius 3 is 2.10 bits per heavy atom. The Labute approximate surface area is 368 Å². The van der Waals surface area contributed by atoms with Crippen LogP contribution in [0.25, 0.3) is 0 Å². The Morgan fingerprint density at radius 1 is 0.873 bits per heavy atom. The topological polar surface area (TPSA) is 221 Å². The van der Waals surface area contributed by atoms with Gasteiger partial charge in [-0.1, -0.05) is 80.0 Å². The van der Waals surface area contributed by atoms with Crippen molar-refractivity contribution in [3.8, 4) is 0 Å². The van der Waals surface area contributed by atoms with Crippen molar-refractivity contribution in [2.75, 3.05) is 6.61 Å². The van der Waals surface area contributed by atoms with Gasteiger partial charge in [0.05, 0.1) is 35.6 Å². The number of ether oxygens (including phenoxy) is 5. The number of benzene rings is 3. The molecule has 2 saturated carbocycles. The quantitative estimate of drug-likeness (QED) is 0.126. The van der Waals surface area contributed by atoms with Gasteiger partial charge < -0.3 is 44.3 Å². The number of rotatable bonds is 10. The molecule has 15 nitrogen and oxygen atoms in total. The molecule has 63 heavy (non-hydrogen) atoms. The first-order valence-corrected chi connectivity index (χ1v) is 21.0. The fourth-order valence-electron chi connectivity index (χ4n) is 10.2. The van der Waals surface area contributed by atoms with Gasteiger partial charge in [-0.3, -0.25) is 19.2 Å². The monoisotopic (exact) mass is 887 g/mol. The maximum absolute atomic E-state index is 15.5. The number of nitrogens with one attached hydrogen (secondary N) is 1. The summed E-state index contributed by atoms with van der Waals surface area (Å²) in [6.45, 7) is 7.87. The molecular formula is C47H50ClNO14. The van der Waals surface area contributed by atoms with Crippen LogP contribution >= 0.6 is 11.6 Å². The molecule has 3 aromatic carbocycles. The summed E-state index contributed by atoms with van der Waals surface area (Å²) >= 11 is 6.28. The number of aliphatic hydroxyl groups excluding tert-OH is 2. The lowest BCUT2D eigenvalue weighted by molar-refractivity contribution is -0.346. The average Bonchev–Trinajstić information content (AvgIpc) is 3.23. The van der Waals surface area contributed by atoms with Gasteiger partial charge in [0.15, 0.2) is 23.6 Å². The van der Waals surface area contributed by atoms with E-state index in [-0.39, 0.29) is 40.3 Å². The van der Waals surface area contributed by atoms with Crippen molar-refractivity contribution < 1.29 is 67.8 Å². The molecule has 3 aliphatic carbocycles. The molecule has 3 aromatic rings. The van der Waals surface area contributed by atoms with E-state index in [0.29, 0.717) is 5.56 Å². The Morgan fingerprint density at radius 2 is 1.51 bits per heavy atom. The Balaban J connectivity index is 1.39. The van der Waals surface area contributed by atoms with Gasteiger partial charge in [0.2, 0.25) is 0 Å². The lowest BCUT2D eigenvalue weighted by Gasteiger charge is -2.67. The van der Waals surface area contributed by atoms with E-state index in [2.05, 4.69) is 5.32 Å². The van der Waals surface area contributed by atoms with E-state index < -0.39 is 113 Å². The highest BCUT2D eigenvalue weighted by molar-refractivity contribution is 6.30. The molecule has 334 valence electrons. The Bertz CT molecular complexity index is 2350. The minimum atomic E-state index is -2.43. The maximum atomic E-state index is 15.5. The van der Waals surface area contributed by atoms with Crippen LogP contribution in [0.2, 0.25) is 5.02 Å². The minimum Gasteiger partial charge on any atom is -0.456 e. The van der Waals surface area contributed by atoms with E-state index in [9.17, 15) is 39.3 Å². The fourth-order valence-corrected chi connectivity index (χ4v) is 10.4. The van der Waals surface area contributed by atoms with Gasteiger partial charge in [0.25, 0.3) is 5.91 Å². The van der Waals surface area contributed by atoms with Gasteiger partial charge in [-0.25, -0.2) is 9.59 Å². The zero-order chi connectivity index (χ0) is 45.8. The first-order valence-electron chi connectivity index (χ1n) is 20.6. The molecule has 4 aliphatic rings. The van der Waals surface area contributed by atoms with E-state index in [1.165, 1.54) is 38.1 Å². The van der Waals surface area contributed by atoms with Crippen molar-refractivity contribution in [2.45, 2.75) is 108 Å². The molecule has 16 heteroatoms. The second kappa shape index (κ2) is 16.9. The highest BCUT2D eigenvalue weighted by Crippen LogP contribution is 2.64. The zero-order valence-electron chi connectivity index (χ0n) is 35.5.